The zero-order valence-corrected chi connectivity index (χ0v) is 76.1. The molecule has 3 aromatic rings. The van der Waals surface area contributed by atoms with Crippen LogP contribution in [0, 0.1) is 0 Å². The molecule has 0 aliphatic rings. The molecule has 0 atom stereocenters. The first-order valence-electron chi connectivity index (χ1n) is 32.1. The quantitative estimate of drug-likeness (QED) is 0.149. The van der Waals surface area contributed by atoms with Crippen molar-refractivity contribution in [3.8, 4) is 0 Å². The van der Waals surface area contributed by atoms with Crippen LogP contribution >= 0.6 is 0 Å². The van der Waals surface area contributed by atoms with E-state index in [0.29, 0.717) is 10.1 Å². The maximum absolute atomic E-state index is 5.03. The second kappa shape index (κ2) is 48.2. The monoisotopic (exact) mass is 1480 g/mol. The minimum absolute atomic E-state index is 0. The fraction of sp³-hybridized carbons (Fsp3) is 0.776. The molecule has 3 radical (unpaired) electrons. The van der Waals surface area contributed by atoms with Gasteiger partial charge in [-0.1, -0.05) is 401 Å². The maximum Gasteiger partial charge on any atom is 2.00 e. The minimum Gasteiger partial charge on any atom is -0.668 e. The van der Waals surface area contributed by atoms with Crippen LogP contribution in [0.1, 0.15) is 166 Å². The summed E-state index contributed by atoms with van der Waals surface area (Å²) in [6, 6.07) is 25.0. The molecule has 0 spiro atoms. The van der Waals surface area contributed by atoms with E-state index >= 15 is 0 Å². The molecular weight excluding hydrogens is 1330 g/mol. The normalized spacial score (nSPS) is 12.4. The van der Waals surface area contributed by atoms with Gasteiger partial charge in [-0.25, -0.2) is 0 Å². The summed E-state index contributed by atoms with van der Waals surface area (Å²) in [4.78, 5) is 31.3. The smallest absolute Gasteiger partial charge is 0.668 e. The molecule has 0 amide bonds. The van der Waals surface area contributed by atoms with E-state index in [4.69, 9.17) is 29.2 Å². The summed E-state index contributed by atoms with van der Waals surface area (Å²) < 4.78 is 9.64. The Labute approximate surface area is 586 Å². The van der Waals surface area contributed by atoms with Crippen molar-refractivity contribution in [2.75, 3.05) is 0 Å². The van der Waals surface area contributed by atoms with Crippen LogP contribution < -0.4 is 0 Å². The standard InChI is InChI=1S/4C10H24NSi.2C6H18NSi2.3C5H5N.3Co/c2*1-9(2,3)11-12(7,8)10(4,5)6;2*1-7-12(8-2,9-3)11-10(4,5)6;2*1-8(2,3)7-9(4,5)6;3*1-2-4-6-5-3-1;;;/h2*1-8H3;2*7-9H2,1-6H3;2*1-6H3;3*1-5H;;;/q6*-1;;;;3*+2. The minimum atomic E-state index is -1.42. The molecule has 3 heterocycles. The van der Waals surface area contributed by atoms with Crippen molar-refractivity contribution in [3.63, 3.8) is 0 Å². The second-order valence-electron chi connectivity index (χ2n) is 33.3. The molecule has 3 rings (SSSR count). The molecule has 0 unspecified atom stereocenters. The van der Waals surface area contributed by atoms with Crippen molar-refractivity contribution in [2.45, 2.75) is 339 Å². The van der Waals surface area contributed by atoms with Crippen LogP contribution in [0.4, 0.5) is 0 Å². The van der Waals surface area contributed by atoms with E-state index < -0.39 is 65.9 Å². The Hall–Kier alpha value is 0.465. The van der Waals surface area contributed by atoms with Crippen molar-refractivity contribution >= 4 is 65.9 Å². The topological polar surface area (TPSA) is 123 Å². The molecule has 0 bridgehead atoms. The summed E-state index contributed by atoms with van der Waals surface area (Å²) >= 11 is 0. The van der Waals surface area contributed by atoms with Crippen molar-refractivity contribution in [1.82, 2.24) is 15.0 Å². The first-order chi connectivity index (χ1) is 37.1. The van der Waals surface area contributed by atoms with Crippen LogP contribution in [-0.4, -0.2) is 103 Å². The van der Waals surface area contributed by atoms with Crippen LogP contribution in [-0.2, 0) is 50.3 Å². The van der Waals surface area contributed by atoms with Crippen LogP contribution in [0.15, 0.2) is 91.8 Å². The van der Waals surface area contributed by atoms with E-state index in [1.807, 2.05) is 54.6 Å². The third-order valence-corrected chi connectivity index (χ3v) is 43.8. The number of aromatic nitrogens is 3. The molecule has 3 aromatic heterocycles. The predicted octanol–water partition coefficient (Wildman–Crippen LogP) is 26.0. The SMILES string of the molecule is CC(C)(C)[N-][Si](C)(C)C(C)(C)C.CC(C)(C)[N-][Si](C)(C)C(C)(C)C.CC[Si](CC)(CC)[N-]C(C)(C)C.CC[Si](CC)(CC)[N-]C(C)(C)C.C[Si](C)(C)[N-][Si](C)(C)C.C[Si](C)(C)[N-][Si](C)(C)C.[Co+2].[Co+2].[Co+2].c1ccncc1.c1ccncc1.c1ccncc1. The molecular formula is C67H147Co3N9Si8. The zero-order valence-electron chi connectivity index (χ0n) is 64.9. The summed E-state index contributed by atoms with van der Waals surface area (Å²) in [6.07, 6.45) is 10.5. The summed E-state index contributed by atoms with van der Waals surface area (Å²) in [6.45, 7) is 91.0. The van der Waals surface area contributed by atoms with Crippen LogP contribution in [0.2, 0.25) is 151 Å². The van der Waals surface area contributed by atoms with Gasteiger partial charge < -0.3 is 29.2 Å². The largest absolute Gasteiger partial charge is 2.00 e. The van der Waals surface area contributed by atoms with Crippen molar-refractivity contribution < 1.29 is 50.3 Å². The third kappa shape index (κ3) is 75.4. The van der Waals surface area contributed by atoms with Gasteiger partial charge in [0, 0.05) is 37.2 Å². The third-order valence-electron chi connectivity index (χ3n) is 13.0. The number of pyridine rings is 3. The van der Waals surface area contributed by atoms with Gasteiger partial charge in [-0.15, -0.1) is 22.2 Å². The average molecular weight is 1480 g/mol. The molecule has 20 heteroatoms. The molecule has 0 aromatic carbocycles. The Morgan fingerprint density at radius 3 is 0.437 bits per heavy atom. The van der Waals surface area contributed by atoms with E-state index in [2.05, 4.69) is 286 Å². The molecule has 9 nitrogen and oxygen atoms in total. The van der Waals surface area contributed by atoms with Gasteiger partial charge in [0.1, 0.15) is 0 Å². The van der Waals surface area contributed by atoms with Crippen molar-refractivity contribution in [3.05, 3.63) is 121 Å². The summed E-state index contributed by atoms with van der Waals surface area (Å²) in [5.41, 5.74) is 0.606. The first kappa shape index (κ1) is 106. The van der Waals surface area contributed by atoms with Gasteiger partial charge in [0.15, 0.2) is 0 Å². The van der Waals surface area contributed by atoms with Crippen LogP contribution in [0.25, 0.3) is 29.2 Å². The summed E-state index contributed by atoms with van der Waals surface area (Å²) in [7, 11) is -9.71. The van der Waals surface area contributed by atoms with Gasteiger partial charge in [0.2, 0.25) is 0 Å². The molecule has 87 heavy (non-hydrogen) atoms. The van der Waals surface area contributed by atoms with Gasteiger partial charge in [-0.3, -0.25) is 15.0 Å². The molecule has 0 saturated heterocycles. The molecule has 0 fully saturated rings. The number of hydrogen-bond donors (Lipinski definition) is 0. The average Bonchev–Trinajstić information content (AvgIpc) is 3.28. The molecule has 519 valence electrons. The number of rotatable bonds is 14. The van der Waals surface area contributed by atoms with Gasteiger partial charge in [-0.05, 0) is 36.4 Å². The number of nitrogens with zero attached hydrogens (tertiary/aromatic N) is 9. The van der Waals surface area contributed by atoms with Crippen molar-refractivity contribution in [2.24, 2.45) is 0 Å². The number of hydrogen-bond acceptors (Lipinski definition) is 3. The van der Waals surface area contributed by atoms with E-state index in [-0.39, 0.29) is 72.5 Å². The van der Waals surface area contributed by atoms with Gasteiger partial charge >= 0.3 is 50.3 Å². The van der Waals surface area contributed by atoms with Crippen molar-refractivity contribution in [1.29, 1.82) is 0 Å². The summed E-state index contributed by atoms with van der Waals surface area (Å²) in [5.74, 6) is 0. The second-order valence-corrected chi connectivity index (χ2v) is 71.7. The van der Waals surface area contributed by atoms with E-state index in [1.54, 1.807) is 37.2 Å². The molecule has 0 saturated carbocycles. The Morgan fingerprint density at radius 2 is 0.402 bits per heavy atom. The molecule has 0 N–H and O–H groups in total. The van der Waals surface area contributed by atoms with Gasteiger partial charge in [0.25, 0.3) is 0 Å². The molecule has 0 aliphatic heterocycles. The van der Waals surface area contributed by atoms with E-state index in [0.717, 1.165) is 0 Å². The van der Waals surface area contributed by atoms with E-state index in [9.17, 15) is 0 Å². The Kier molecular flexibility index (Phi) is 58.8. The Balaban J connectivity index is -0.000000113. The molecule has 0 aliphatic carbocycles. The Bertz CT molecular complexity index is 1630. The maximum atomic E-state index is 5.03. The van der Waals surface area contributed by atoms with Gasteiger partial charge in [0.05, 0.1) is 0 Å². The predicted molar refractivity (Wildman–Crippen MR) is 414 cm³/mol. The fourth-order valence-electron chi connectivity index (χ4n) is 8.36. The first-order valence-corrected chi connectivity index (χ1v) is 56.9. The fourth-order valence-corrected chi connectivity index (χ4v) is 35.3. The van der Waals surface area contributed by atoms with Crippen LogP contribution in [0.3, 0.4) is 0 Å². The summed E-state index contributed by atoms with van der Waals surface area (Å²) in [5, 5.41) is 0.751. The van der Waals surface area contributed by atoms with Crippen LogP contribution in [0.5, 0.6) is 0 Å². The van der Waals surface area contributed by atoms with Gasteiger partial charge in [-0.2, -0.15) is 0 Å². The Morgan fingerprint density at radius 1 is 0.253 bits per heavy atom. The zero-order chi connectivity index (χ0) is 68.2. The van der Waals surface area contributed by atoms with E-state index in [1.165, 1.54) is 36.3 Å².